The summed E-state index contributed by atoms with van der Waals surface area (Å²) in [5.74, 6) is -1.09. The summed E-state index contributed by atoms with van der Waals surface area (Å²) in [5, 5.41) is 8.96. The zero-order chi connectivity index (χ0) is 13.1. The van der Waals surface area contributed by atoms with E-state index in [1.165, 1.54) is 14.2 Å². The molecule has 0 saturated carbocycles. The van der Waals surface area contributed by atoms with Gasteiger partial charge in [0.2, 0.25) is 0 Å². The number of aliphatic carboxylic acids is 1. The Morgan fingerprint density at radius 3 is 2.76 bits per heavy atom. The quantitative estimate of drug-likeness (QED) is 0.691. The predicted octanol–water partition coefficient (Wildman–Crippen LogP) is -0.642. The zero-order valence-corrected chi connectivity index (χ0v) is 10.8. The lowest BCUT2D eigenvalue weighted by Gasteiger charge is -2.26. The summed E-state index contributed by atoms with van der Waals surface area (Å²) in [6.45, 7) is 0.750. The van der Waals surface area contributed by atoms with Crippen LogP contribution in [0, 0.1) is 0 Å². The van der Waals surface area contributed by atoms with Crippen LogP contribution in [0.25, 0.3) is 0 Å². The molecule has 0 aromatic carbocycles. The van der Waals surface area contributed by atoms with Crippen molar-refractivity contribution in [2.75, 3.05) is 33.9 Å². The van der Waals surface area contributed by atoms with Crippen molar-refractivity contribution in [3.8, 4) is 0 Å². The van der Waals surface area contributed by atoms with Gasteiger partial charge in [0.25, 0.3) is 10.2 Å². The van der Waals surface area contributed by atoms with Crippen LogP contribution in [0.1, 0.15) is 12.8 Å². The number of nitrogens with zero attached hydrogens (tertiary/aromatic N) is 2. The minimum atomic E-state index is -3.70. The number of rotatable bonds is 6. The average Bonchev–Trinajstić information content (AvgIpc) is 2.75. The van der Waals surface area contributed by atoms with E-state index in [2.05, 4.69) is 0 Å². The first-order valence-electron chi connectivity index (χ1n) is 5.36. The third kappa shape index (κ3) is 3.15. The van der Waals surface area contributed by atoms with Crippen LogP contribution in [-0.4, -0.2) is 68.0 Å². The number of carbonyl (C=O) groups is 1. The van der Waals surface area contributed by atoms with E-state index in [-0.39, 0.29) is 19.7 Å². The van der Waals surface area contributed by atoms with Gasteiger partial charge in [-0.2, -0.15) is 17.0 Å². The average molecular weight is 266 g/mol. The molecule has 1 unspecified atom stereocenters. The monoisotopic (exact) mass is 266 g/mol. The minimum absolute atomic E-state index is 0.210. The lowest BCUT2D eigenvalue weighted by molar-refractivity contribution is -0.140. The normalized spacial score (nSPS) is 22.2. The highest BCUT2D eigenvalue weighted by atomic mass is 32.2. The molecule has 0 aliphatic carbocycles. The fourth-order valence-corrected chi connectivity index (χ4v) is 3.32. The Balaban J connectivity index is 2.78. The van der Waals surface area contributed by atoms with Crippen LogP contribution in [0.3, 0.4) is 0 Å². The van der Waals surface area contributed by atoms with Gasteiger partial charge in [0.15, 0.2) is 0 Å². The van der Waals surface area contributed by atoms with Crippen molar-refractivity contribution < 1.29 is 23.1 Å². The molecule has 1 atom stereocenters. The van der Waals surface area contributed by atoms with Gasteiger partial charge < -0.3 is 9.84 Å². The second-order valence-electron chi connectivity index (χ2n) is 3.93. The summed E-state index contributed by atoms with van der Waals surface area (Å²) in [6.07, 6.45) is 0.945. The fourth-order valence-electron chi connectivity index (χ4n) is 1.78. The van der Waals surface area contributed by atoms with Crippen LogP contribution in [0.5, 0.6) is 0 Å². The molecule has 1 fully saturated rings. The molecule has 7 nitrogen and oxygen atoms in total. The first-order valence-corrected chi connectivity index (χ1v) is 6.75. The van der Waals surface area contributed by atoms with Crippen LogP contribution in [-0.2, 0) is 19.7 Å². The topological polar surface area (TPSA) is 87.2 Å². The minimum Gasteiger partial charge on any atom is -0.480 e. The molecular weight excluding hydrogens is 248 g/mol. The highest BCUT2D eigenvalue weighted by molar-refractivity contribution is 7.86. The maximum atomic E-state index is 12.1. The van der Waals surface area contributed by atoms with Crippen molar-refractivity contribution in [2.45, 2.75) is 18.9 Å². The van der Waals surface area contributed by atoms with Gasteiger partial charge in [-0.05, 0) is 12.8 Å². The van der Waals surface area contributed by atoms with Crippen LogP contribution >= 0.6 is 0 Å². The predicted molar refractivity (Wildman–Crippen MR) is 60.8 cm³/mol. The SMILES string of the molecule is COCCN(C)S(=O)(=O)N1CCCC1C(=O)O. The first-order chi connectivity index (χ1) is 7.91. The molecule has 1 heterocycles. The third-order valence-corrected chi connectivity index (χ3v) is 4.79. The molecule has 17 heavy (non-hydrogen) atoms. The van der Waals surface area contributed by atoms with Crippen molar-refractivity contribution in [3.05, 3.63) is 0 Å². The standard InChI is InChI=1S/C9H18N2O5S/c1-10(6-7-16-2)17(14,15)11-5-3-4-8(11)9(12)13/h8H,3-7H2,1-2H3,(H,12,13). The Kier molecular flexibility index (Phi) is 4.87. The van der Waals surface area contributed by atoms with E-state index in [0.29, 0.717) is 12.8 Å². The number of likely N-dealkylation sites (N-methyl/N-ethyl adjacent to an activating group) is 1. The molecule has 1 aliphatic heterocycles. The second kappa shape index (κ2) is 5.76. The highest BCUT2D eigenvalue weighted by Crippen LogP contribution is 2.22. The smallest absolute Gasteiger partial charge is 0.322 e. The molecule has 0 amide bonds. The lowest BCUT2D eigenvalue weighted by Crippen LogP contribution is -2.47. The van der Waals surface area contributed by atoms with E-state index >= 15 is 0 Å². The Bertz CT molecular complexity index is 370. The van der Waals surface area contributed by atoms with Gasteiger partial charge in [0.1, 0.15) is 6.04 Å². The van der Waals surface area contributed by atoms with Gasteiger partial charge in [-0.25, -0.2) is 0 Å². The molecule has 0 radical (unpaired) electrons. The third-order valence-electron chi connectivity index (χ3n) is 2.79. The summed E-state index contributed by atoms with van der Waals surface area (Å²) in [7, 11) is -0.795. The van der Waals surface area contributed by atoms with E-state index < -0.39 is 22.2 Å². The summed E-state index contributed by atoms with van der Waals surface area (Å²) < 4.78 is 31.1. The van der Waals surface area contributed by atoms with Gasteiger partial charge in [0, 0.05) is 27.2 Å². The number of hydrogen-bond donors (Lipinski definition) is 1. The summed E-state index contributed by atoms with van der Waals surface area (Å²) in [4.78, 5) is 10.9. The highest BCUT2D eigenvalue weighted by Gasteiger charge is 2.40. The van der Waals surface area contributed by atoms with Crippen molar-refractivity contribution in [1.82, 2.24) is 8.61 Å². The van der Waals surface area contributed by atoms with Gasteiger partial charge in [0.05, 0.1) is 6.61 Å². The van der Waals surface area contributed by atoms with Crippen molar-refractivity contribution in [3.63, 3.8) is 0 Å². The lowest BCUT2D eigenvalue weighted by atomic mass is 10.2. The molecular formula is C9H18N2O5S. The zero-order valence-electron chi connectivity index (χ0n) is 10.00. The maximum Gasteiger partial charge on any atom is 0.322 e. The molecule has 1 saturated heterocycles. The van der Waals surface area contributed by atoms with Gasteiger partial charge in [-0.1, -0.05) is 0 Å². The number of carboxylic acid groups (broad SMARTS) is 1. The Morgan fingerprint density at radius 2 is 2.24 bits per heavy atom. The summed E-state index contributed by atoms with van der Waals surface area (Å²) in [5.41, 5.74) is 0. The molecule has 0 aromatic rings. The van der Waals surface area contributed by atoms with E-state index in [1.54, 1.807) is 0 Å². The number of methoxy groups -OCH3 is 1. The van der Waals surface area contributed by atoms with Crippen molar-refractivity contribution >= 4 is 16.2 Å². The fraction of sp³-hybridized carbons (Fsp3) is 0.889. The molecule has 0 spiro atoms. The van der Waals surface area contributed by atoms with E-state index in [4.69, 9.17) is 9.84 Å². The van der Waals surface area contributed by atoms with E-state index in [0.717, 1.165) is 8.61 Å². The van der Waals surface area contributed by atoms with Crippen LogP contribution in [0.15, 0.2) is 0 Å². The molecule has 1 N–H and O–H groups in total. The van der Waals surface area contributed by atoms with E-state index in [9.17, 15) is 13.2 Å². The van der Waals surface area contributed by atoms with Crippen LogP contribution in [0.4, 0.5) is 0 Å². The van der Waals surface area contributed by atoms with Gasteiger partial charge in [-0.3, -0.25) is 4.79 Å². The molecule has 0 aromatic heterocycles. The molecule has 1 rings (SSSR count). The van der Waals surface area contributed by atoms with Gasteiger partial charge >= 0.3 is 5.97 Å². The number of ether oxygens (including phenoxy) is 1. The van der Waals surface area contributed by atoms with Crippen molar-refractivity contribution in [2.24, 2.45) is 0 Å². The van der Waals surface area contributed by atoms with Crippen LogP contribution in [0.2, 0.25) is 0 Å². The molecule has 8 heteroatoms. The largest absolute Gasteiger partial charge is 0.480 e. The summed E-state index contributed by atoms with van der Waals surface area (Å²) >= 11 is 0. The number of carboxylic acids is 1. The van der Waals surface area contributed by atoms with Crippen LogP contribution < -0.4 is 0 Å². The Morgan fingerprint density at radius 1 is 1.59 bits per heavy atom. The number of hydrogen-bond acceptors (Lipinski definition) is 4. The van der Waals surface area contributed by atoms with Gasteiger partial charge in [-0.15, -0.1) is 0 Å². The molecule has 1 aliphatic rings. The van der Waals surface area contributed by atoms with Crippen molar-refractivity contribution in [1.29, 1.82) is 0 Å². The Labute approximate surface area is 101 Å². The van der Waals surface area contributed by atoms with E-state index in [1.807, 2.05) is 0 Å². The maximum absolute atomic E-state index is 12.1. The molecule has 100 valence electrons. The molecule has 0 bridgehead atoms. The first kappa shape index (κ1) is 14.4. The second-order valence-corrected chi connectivity index (χ2v) is 5.92. The Hall–Kier alpha value is -0.700. The summed E-state index contributed by atoms with van der Waals surface area (Å²) in [6, 6.07) is -0.940.